The van der Waals surface area contributed by atoms with Gasteiger partial charge < -0.3 is 9.80 Å². The molecule has 0 bridgehead atoms. The molecule has 2 fully saturated rings. The van der Waals surface area contributed by atoms with Gasteiger partial charge in [0.25, 0.3) is 5.91 Å². The Kier molecular flexibility index (Phi) is 6.41. The van der Waals surface area contributed by atoms with Crippen LogP contribution in [0.25, 0.3) is 0 Å². The molecule has 5 heteroatoms. The summed E-state index contributed by atoms with van der Waals surface area (Å²) < 4.78 is 0. The second-order valence-corrected chi connectivity index (χ2v) is 8.85. The van der Waals surface area contributed by atoms with Crippen LogP contribution in [-0.4, -0.2) is 55.0 Å². The first-order valence-corrected chi connectivity index (χ1v) is 11.1. The standard InChI is InChI=1S/C24H30ClN3O/c1-19-9-11-26(12-10-19)18-20-5-7-21(8-6-20)24(29)28-15-13-27(14-16-28)23-4-2-3-22(25)17-23/h2-8,17,19H,9-16,18H2,1H3. The van der Waals surface area contributed by atoms with Crippen LogP contribution in [0.15, 0.2) is 48.5 Å². The minimum absolute atomic E-state index is 0.133. The second-order valence-electron chi connectivity index (χ2n) is 8.41. The predicted molar refractivity (Wildman–Crippen MR) is 120 cm³/mol. The molecule has 0 N–H and O–H groups in total. The number of benzene rings is 2. The molecular formula is C24H30ClN3O. The Hall–Kier alpha value is -2.04. The Morgan fingerprint density at radius 3 is 2.31 bits per heavy atom. The van der Waals surface area contributed by atoms with Gasteiger partial charge in [-0.1, -0.05) is 36.7 Å². The Morgan fingerprint density at radius 2 is 1.66 bits per heavy atom. The average molecular weight is 412 g/mol. The van der Waals surface area contributed by atoms with Gasteiger partial charge in [-0.2, -0.15) is 0 Å². The number of rotatable bonds is 4. The first-order chi connectivity index (χ1) is 14.1. The van der Waals surface area contributed by atoms with Crippen LogP contribution in [0.2, 0.25) is 5.02 Å². The number of piperazine rings is 1. The smallest absolute Gasteiger partial charge is 0.253 e. The topological polar surface area (TPSA) is 26.8 Å². The van der Waals surface area contributed by atoms with Crippen molar-refractivity contribution in [3.05, 3.63) is 64.7 Å². The zero-order valence-electron chi connectivity index (χ0n) is 17.2. The van der Waals surface area contributed by atoms with E-state index in [4.69, 9.17) is 11.6 Å². The summed E-state index contributed by atoms with van der Waals surface area (Å²) in [5.41, 5.74) is 3.21. The van der Waals surface area contributed by atoms with Gasteiger partial charge in [-0.25, -0.2) is 0 Å². The summed E-state index contributed by atoms with van der Waals surface area (Å²) in [4.78, 5) is 19.7. The van der Waals surface area contributed by atoms with Gasteiger partial charge in [-0.15, -0.1) is 0 Å². The van der Waals surface area contributed by atoms with Crippen LogP contribution in [0, 0.1) is 5.92 Å². The van der Waals surface area contributed by atoms with Crippen LogP contribution in [0.4, 0.5) is 5.69 Å². The molecule has 0 unspecified atom stereocenters. The van der Waals surface area contributed by atoms with E-state index in [0.717, 1.165) is 54.9 Å². The molecule has 0 saturated carbocycles. The maximum Gasteiger partial charge on any atom is 0.253 e. The molecule has 2 aromatic rings. The number of anilines is 1. The van der Waals surface area contributed by atoms with E-state index in [9.17, 15) is 4.79 Å². The van der Waals surface area contributed by atoms with E-state index in [2.05, 4.69) is 34.9 Å². The lowest BCUT2D eigenvalue weighted by atomic mass is 9.99. The molecule has 2 aliphatic rings. The number of piperidine rings is 1. The molecule has 154 valence electrons. The molecule has 0 aromatic heterocycles. The maximum absolute atomic E-state index is 12.9. The van der Waals surface area contributed by atoms with Crippen LogP contribution < -0.4 is 4.90 Å². The molecule has 4 rings (SSSR count). The molecule has 0 atom stereocenters. The number of carbonyl (C=O) groups excluding carboxylic acids is 1. The normalized spacial score (nSPS) is 18.8. The number of hydrogen-bond acceptors (Lipinski definition) is 3. The fraction of sp³-hybridized carbons (Fsp3) is 0.458. The number of likely N-dealkylation sites (tertiary alicyclic amines) is 1. The Bertz CT molecular complexity index is 822. The number of halogens is 1. The largest absolute Gasteiger partial charge is 0.368 e. The fourth-order valence-electron chi connectivity index (χ4n) is 4.25. The monoisotopic (exact) mass is 411 g/mol. The Labute approximate surface area is 179 Å². The van der Waals surface area contributed by atoms with Crippen LogP contribution in [0.3, 0.4) is 0 Å². The number of hydrogen-bond donors (Lipinski definition) is 0. The molecule has 2 heterocycles. The summed E-state index contributed by atoms with van der Waals surface area (Å²) >= 11 is 6.11. The minimum atomic E-state index is 0.133. The summed E-state index contributed by atoms with van der Waals surface area (Å²) in [6.07, 6.45) is 2.58. The van der Waals surface area contributed by atoms with Crippen molar-refractivity contribution in [3.63, 3.8) is 0 Å². The van der Waals surface area contributed by atoms with Crippen molar-refractivity contribution in [1.29, 1.82) is 0 Å². The molecule has 0 aliphatic carbocycles. The molecular weight excluding hydrogens is 382 g/mol. The van der Waals surface area contributed by atoms with E-state index in [0.29, 0.717) is 0 Å². The van der Waals surface area contributed by atoms with Crippen molar-refractivity contribution >= 4 is 23.2 Å². The van der Waals surface area contributed by atoms with Gasteiger partial charge >= 0.3 is 0 Å². The molecule has 2 saturated heterocycles. The number of carbonyl (C=O) groups is 1. The van der Waals surface area contributed by atoms with Crippen LogP contribution in [0.1, 0.15) is 35.7 Å². The lowest BCUT2D eigenvalue weighted by Crippen LogP contribution is -2.48. The van der Waals surface area contributed by atoms with Crippen molar-refractivity contribution in [3.8, 4) is 0 Å². The average Bonchev–Trinajstić information content (AvgIpc) is 2.75. The fourth-order valence-corrected chi connectivity index (χ4v) is 4.44. The SMILES string of the molecule is CC1CCN(Cc2ccc(C(=O)N3CCN(c4cccc(Cl)c4)CC3)cc2)CC1. The van der Waals surface area contributed by atoms with Crippen molar-refractivity contribution in [2.24, 2.45) is 5.92 Å². The van der Waals surface area contributed by atoms with E-state index in [1.54, 1.807) is 0 Å². The third kappa shape index (κ3) is 5.12. The van der Waals surface area contributed by atoms with Crippen LogP contribution in [-0.2, 0) is 6.54 Å². The van der Waals surface area contributed by atoms with E-state index >= 15 is 0 Å². The van der Waals surface area contributed by atoms with E-state index in [1.807, 2.05) is 35.2 Å². The van der Waals surface area contributed by atoms with Gasteiger partial charge in [-0.3, -0.25) is 9.69 Å². The van der Waals surface area contributed by atoms with Crippen LogP contribution >= 0.6 is 11.6 Å². The zero-order chi connectivity index (χ0) is 20.2. The summed E-state index contributed by atoms with van der Waals surface area (Å²) in [5.74, 6) is 0.986. The van der Waals surface area contributed by atoms with E-state index in [1.165, 1.54) is 31.5 Å². The number of nitrogens with zero attached hydrogens (tertiary/aromatic N) is 3. The zero-order valence-corrected chi connectivity index (χ0v) is 17.9. The third-order valence-electron chi connectivity index (χ3n) is 6.22. The first-order valence-electron chi connectivity index (χ1n) is 10.7. The lowest BCUT2D eigenvalue weighted by molar-refractivity contribution is 0.0746. The molecule has 0 radical (unpaired) electrons. The molecule has 0 spiro atoms. The minimum Gasteiger partial charge on any atom is -0.368 e. The molecule has 29 heavy (non-hydrogen) atoms. The maximum atomic E-state index is 12.9. The predicted octanol–water partition coefficient (Wildman–Crippen LogP) is 4.53. The van der Waals surface area contributed by atoms with E-state index < -0.39 is 0 Å². The van der Waals surface area contributed by atoms with Crippen LogP contribution in [0.5, 0.6) is 0 Å². The first kappa shape index (κ1) is 20.2. The van der Waals surface area contributed by atoms with Crippen molar-refractivity contribution < 1.29 is 4.79 Å². The quantitative estimate of drug-likeness (QED) is 0.739. The molecule has 2 aliphatic heterocycles. The van der Waals surface area contributed by atoms with Gasteiger partial charge in [0, 0.05) is 49.0 Å². The summed E-state index contributed by atoms with van der Waals surface area (Å²) in [5, 5.41) is 0.750. The van der Waals surface area contributed by atoms with Gasteiger partial charge in [0.2, 0.25) is 0 Å². The lowest BCUT2D eigenvalue weighted by Gasteiger charge is -2.36. The van der Waals surface area contributed by atoms with Crippen molar-refractivity contribution in [1.82, 2.24) is 9.80 Å². The second kappa shape index (κ2) is 9.19. The van der Waals surface area contributed by atoms with Gasteiger partial charge in [0.05, 0.1) is 0 Å². The summed E-state index contributed by atoms with van der Waals surface area (Å²) in [6.45, 7) is 8.82. The highest BCUT2D eigenvalue weighted by molar-refractivity contribution is 6.30. The summed E-state index contributed by atoms with van der Waals surface area (Å²) in [6, 6.07) is 16.1. The van der Waals surface area contributed by atoms with Gasteiger partial charge in [0.1, 0.15) is 0 Å². The number of amides is 1. The Morgan fingerprint density at radius 1 is 0.966 bits per heavy atom. The summed E-state index contributed by atoms with van der Waals surface area (Å²) in [7, 11) is 0. The van der Waals surface area contributed by atoms with E-state index in [-0.39, 0.29) is 5.91 Å². The van der Waals surface area contributed by atoms with Gasteiger partial charge in [0.15, 0.2) is 0 Å². The molecule has 2 aromatic carbocycles. The van der Waals surface area contributed by atoms with Gasteiger partial charge in [-0.05, 0) is 67.7 Å². The molecule has 1 amide bonds. The highest BCUT2D eigenvalue weighted by Gasteiger charge is 2.22. The highest BCUT2D eigenvalue weighted by atomic mass is 35.5. The third-order valence-corrected chi connectivity index (χ3v) is 6.46. The highest BCUT2D eigenvalue weighted by Crippen LogP contribution is 2.22. The van der Waals surface area contributed by atoms with Crippen molar-refractivity contribution in [2.45, 2.75) is 26.3 Å². The Balaban J connectivity index is 1.30. The van der Waals surface area contributed by atoms with Crippen molar-refractivity contribution in [2.75, 3.05) is 44.2 Å². The molecule has 4 nitrogen and oxygen atoms in total.